The van der Waals surface area contributed by atoms with Crippen LogP contribution in [0.3, 0.4) is 0 Å². The number of hydrogen-bond acceptors (Lipinski definition) is 2. The molecule has 0 saturated heterocycles. The Morgan fingerprint density at radius 3 is 2.03 bits per heavy atom. The van der Waals surface area contributed by atoms with Crippen molar-refractivity contribution in [3.63, 3.8) is 0 Å². The van der Waals surface area contributed by atoms with Gasteiger partial charge in [-0.1, -0.05) is 0 Å². The van der Waals surface area contributed by atoms with Gasteiger partial charge in [-0.25, -0.2) is 0 Å². The molecule has 177 valence electrons. The van der Waals surface area contributed by atoms with Crippen molar-refractivity contribution in [1.82, 2.24) is 4.90 Å². The number of halogens is 2. The predicted octanol–water partition coefficient (Wildman–Crippen LogP) is 6.82. The van der Waals surface area contributed by atoms with Crippen LogP contribution in [0.15, 0.2) is 39.4 Å². The molecule has 0 spiro atoms. The first-order valence-corrected chi connectivity index (χ1v) is 20.9. The first-order chi connectivity index (χ1) is 13.2. The number of aryl methyl sites for hydroxylation is 1. The van der Waals surface area contributed by atoms with Crippen LogP contribution >= 0.6 is 24.8 Å². The van der Waals surface area contributed by atoms with Crippen molar-refractivity contribution < 1.29 is 20.8 Å². The van der Waals surface area contributed by atoms with E-state index in [-0.39, 0.29) is 24.8 Å². The summed E-state index contributed by atoms with van der Waals surface area (Å²) in [4.78, 5) is 2.30. The zero-order valence-corrected chi connectivity index (χ0v) is 27.0. The minimum Gasteiger partial charge on any atom is -0.147 e. The van der Waals surface area contributed by atoms with Gasteiger partial charge in [-0.3, -0.25) is 0 Å². The molecule has 31 heavy (non-hydrogen) atoms. The summed E-state index contributed by atoms with van der Waals surface area (Å²) in [5.74, 6) is 1.66. The number of benzene rings is 1. The van der Waals surface area contributed by atoms with Gasteiger partial charge in [0.05, 0.1) is 0 Å². The Kier molecular flexibility index (Phi) is 11.5. The molecule has 1 aromatic rings. The summed E-state index contributed by atoms with van der Waals surface area (Å²) in [6.45, 7) is 23.1. The second kappa shape index (κ2) is 11.4. The van der Waals surface area contributed by atoms with E-state index in [4.69, 9.17) is 3.32 Å². The van der Waals surface area contributed by atoms with Crippen LogP contribution in [0.5, 0.6) is 5.75 Å². The normalized spacial score (nSPS) is 16.5. The Balaban J connectivity index is 0.00000450. The summed E-state index contributed by atoms with van der Waals surface area (Å²) in [6, 6.07) is 7.07. The molecule has 2 rings (SSSR count). The molecule has 0 radical (unpaired) electrons. The molecule has 1 aromatic carbocycles. The smallest absolute Gasteiger partial charge is 0.147 e. The van der Waals surface area contributed by atoms with E-state index in [0.29, 0.717) is 11.0 Å². The molecule has 1 aliphatic carbocycles. The molecule has 1 aliphatic rings. The van der Waals surface area contributed by atoms with Crippen molar-refractivity contribution in [1.29, 1.82) is 0 Å². The van der Waals surface area contributed by atoms with Crippen molar-refractivity contribution in [2.75, 3.05) is 14.1 Å². The molecule has 0 aliphatic heterocycles. The van der Waals surface area contributed by atoms with Crippen molar-refractivity contribution in [2.45, 2.75) is 72.8 Å². The van der Waals surface area contributed by atoms with E-state index in [2.05, 4.69) is 111 Å². The Labute approximate surface area is 212 Å². The number of nitrogens with zero attached hydrogens (tertiary/aromatic N) is 1. The second-order valence-electron chi connectivity index (χ2n) is 10.8. The average Bonchev–Trinajstić information content (AvgIpc) is 2.86. The Hall–Kier alpha value is 0.0281. The van der Waals surface area contributed by atoms with E-state index in [1.807, 2.05) is 0 Å². The van der Waals surface area contributed by atoms with Gasteiger partial charge in [0, 0.05) is 0 Å². The minimum absolute atomic E-state index is 0. The monoisotopic (exact) mass is 536 g/mol. The summed E-state index contributed by atoms with van der Waals surface area (Å²) in [6.07, 6.45) is 2.39. The number of hydrogen-bond donors (Lipinski definition) is 0. The van der Waals surface area contributed by atoms with Crippen LogP contribution in [0.2, 0.25) is 31.2 Å². The van der Waals surface area contributed by atoms with E-state index in [0.717, 1.165) is 5.75 Å². The van der Waals surface area contributed by atoms with E-state index >= 15 is 0 Å². The van der Waals surface area contributed by atoms with E-state index in [9.17, 15) is 0 Å². The molecule has 0 heterocycles. The van der Waals surface area contributed by atoms with Gasteiger partial charge in [0.15, 0.2) is 0 Å². The van der Waals surface area contributed by atoms with E-state index < -0.39 is 32.3 Å². The van der Waals surface area contributed by atoms with Crippen LogP contribution in [-0.2, 0) is 17.5 Å². The minimum atomic E-state index is -1.83. The SMILES string of the molecule is CC1=CC(N(C)C)=[C]([Ti]([O]c2cc(C)cc([Si](C)(C)C(C)(C)C)c2)[SiH](C)C)C1C.Cl.Cl. The number of likely N-dealkylation sites (N-methyl/N-ethyl adjacent to an activating group) is 1. The van der Waals surface area contributed by atoms with Gasteiger partial charge in [0.1, 0.15) is 0 Å². The van der Waals surface area contributed by atoms with Gasteiger partial charge in [0.25, 0.3) is 0 Å². The maximum Gasteiger partial charge on any atom is -0.147 e. The summed E-state index contributed by atoms with van der Waals surface area (Å²) in [5.41, 5.74) is 4.24. The number of allylic oxidation sites excluding steroid dienone is 3. The quantitative estimate of drug-likeness (QED) is 0.370. The van der Waals surface area contributed by atoms with Crippen molar-refractivity contribution in [3.8, 4) is 5.75 Å². The fraction of sp³-hybridized carbons (Fsp3) is 0.583. The summed E-state index contributed by atoms with van der Waals surface area (Å²) in [7, 11) is 2.77. The van der Waals surface area contributed by atoms with Crippen LogP contribution < -0.4 is 8.51 Å². The van der Waals surface area contributed by atoms with Crippen LogP contribution in [0.25, 0.3) is 0 Å². The second-order valence-corrected chi connectivity index (χ2v) is 28.3. The predicted molar refractivity (Wildman–Crippen MR) is 146 cm³/mol. The Bertz CT molecular complexity index is 829. The third-order valence-electron chi connectivity index (χ3n) is 6.90. The maximum atomic E-state index is 7.02. The van der Waals surface area contributed by atoms with Gasteiger partial charge in [-0.05, 0) is 0 Å². The van der Waals surface area contributed by atoms with Crippen molar-refractivity contribution >= 4 is 44.7 Å². The summed E-state index contributed by atoms with van der Waals surface area (Å²) in [5, 5.41) is 1.85. The Morgan fingerprint density at radius 2 is 1.58 bits per heavy atom. The fourth-order valence-electron chi connectivity index (χ4n) is 3.79. The van der Waals surface area contributed by atoms with Gasteiger partial charge in [0.2, 0.25) is 0 Å². The first-order valence-electron chi connectivity index (χ1n) is 10.9. The molecule has 0 N–H and O–H groups in total. The van der Waals surface area contributed by atoms with Crippen molar-refractivity contribution in [2.24, 2.45) is 5.92 Å². The van der Waals surface area contributed by atoms with Gasteiger partial charge >= 0.3 is 189 Å². The third-order valence-corrected chi connectivity index (χ3v) is 22.7. The molecular weight excluding hydrogens is 493 g/mol. The molecule has 1 atom stereocenters. The summed E-state index contributed by atoms with van der Waals surface area (Å²) >= 11 is -1.83. The van der Waals surface area contributed by atoms with E-state index in [1.165, 1.54) is 22.0 Å². The Morgan fingerprint density at radius 1 is 1.03 bits per heavy atom. The molecule has 2 nitrogen and oxygen atoms in total. The average molecular weight is 538 g/mol. The molecule has 0 amide bonds. The fourth-order valence-corrected chi connectivity index (χ4v) is 15.5. The first kappa shape index (κ1) is 31.0. The van der Waals surface area contributed by atoms with Gasteiger partial charge < -0.3 is 0 Å². The molecule has 0 fully saturated rings. The molecule has 0 saturated carbocycles. The van der Waals surface area contributed by atoms with Crippen LogP contribution in [0.4, 0.5) is 0 Å². The van der Waals surface area contributed by atoms with Gasteiger partial charge in [-0.15, -0.1) is 24.8 Å². The summed E-state index contributed by atoms with van der Waals surface area (Å²) < 4.78 is 8.66. The van der Waals surface area contributed by atoms with Crippen LogP contribution in [0.1, 0.15) is 40.2 Å². The van der Waals surface area contributed by atoms with Crippen LogP contribution in [0, 0.1) is 12.8 Å². The van der Waals surface area contributed by atoms with Crippen molar-refractivity contribution in [3.05, 3.63) is 45.0 Å². The topological polar surface area (TPSA) is 12.5 Å². The largest absolute Gasteiger partial charge is 0.147 e. The zero-order valence-electron chi connectivity index (χ0n) is 21.6. The zero-order chi connectivity index (χ0) is 22.3. The number of rotatable bonds is 6. The molecular formula is C24H44Cl2NOSi2Ti. The van der Waals surface area contributed by atoms with Gasteiger partial charge in [-0.2, -0.15) is 0 Å². The third kappa shape index (κ3) is 6.77. The molecule has 7 heteroatoms. The van der Waals surface area contributed by atoms with Crippen LogP contribution in [-0.4, -0.2) is 33.7 Å². The maximum absolute atomic E-state index is 7.02. The standard InChI is InChI=1S/C13H22OSi.C9H14N.C2H7Si.2ClH.Ti/c1-10-7-11(14)9-12(8-10)15(5,6)13(2,3)4;1-7-5-9(10(3)4)6-8(7)2;1-3-2;;;/h7-9,14H,1-6H3;5,8H,1-4H3;3H,1-2H3;2*1H;/q;;;;;+1/p-1. The molecule has 0 aromatic heterocycles. The molecule has 1 unspecified atom stereocenters. The van der Waals surface area contributed by atoms with E-state index in [1.54, 1.807) is 3.88 Å². The molecule has 0 bridgehead atoms.